The smallest absolute Gasteiger partial charge is 0.459 e. The van der Waals surface area contributed by atoms with E-state index in [1.54, 1.807) is 42.5 Å². The standard InChI is InChI=1S/C30H39N6O8P/c1-3-20-9-11-21(12-10-20)15-41-29(39)19(2)35-45(40,44-22-7-5-4-6-8-22)42-17-30(16-31)27(38)25(37)26(43-30)23-13-14-24-28(32)33-18-34-36(23)24/h4-8,13-14,18-21,25-27,37-38H,3,9-12,15,17H2,1-2H3,(H,35,40)(H2,32,33,34)/t19-,20?,21?,25-,26-,27-,30+,45+/m0/s1. The number of aliphatic hydroxyl groups excluding tert-OH is 2. The van der Waals surface area contributed by atoms with Gasteiger partial charge in [-0.3, -0.25) is 9.32 Å². The van der Waals surface area contributed by atoms with E-state index in [0.29, 0.717) is 17.1 Å². The van der Waals surface area contributed by atoms with Gasteiger partial charge in [0.1, 0.15) is 54.6 Å². The van der Waals surface area contributed by atoms with Gasteiger partial charge in [0.25, 0.3) is 0 Å². The number of aromatic nitrogens is 3. The number of nitrogens with zero attached hydrogens (tertiary/aromatic N) is 4. The van der Waals surface area contributed by atoms with Crippen molar-refractivity contribution in [3.8, 4) is 11.8 Å². The number of para-hydroxylation sites is 1. The number of aliphatic hydroxyl groups is 2. The van der Waals surface area contributed by atoms with E-state index in [9.17, 15) is 24.8 Å². The lowest BCUT2D eigenvalue weighted by Gasteiger charge is -2.29. The first-order valence-electron chi connectivity index (χ1n) is 15.0. The molecule has 1 saturated heterocycles. The van der Waals surface area contributed by atoms with Crippen LogP contribution in [0.25, 0.3) is 5.52 Å². The van der Waals surface area contributed by atoms with Crippen molar-refractivity contribution in [3.63, 3.8) is 0 Å². The van der Waals surface area contributed by atoms with Crippen LogP contribution in [0.3, 0.4) is 0 Å². The first-order valence-corrected chi connectivity index (χ1v) is 16.6. The van der Waals surface area contributed by atoms with Crippen LogP contribution in [0.1, 0.15) is 57.7 Å². The molecular formula is C30H39N6O8P. The quantitative estimate of drug-likeness (QED) is 0.166. The van der Waals surface area contributed by atoms with Gasteiger partial charge in [-0.15, -0.1) is 0 Å². The molecule has 1 aliphatic heterocycles. The molecule has 0 unspecified atom stereocenters. The fourth-order valence-electron chi connectivity index (χ4n) is 5.79. The maximum atomic E-state index is 14.1. The Hall–Kier alpha value is -3.57. The zero-order valence-corrected chi connectivity index (χ0v) is 26.1. The summed E-state index contributed by atoms with van der Waals surface area (Å²) in [5.41, 5.74) is 4.47. The van der Waals surface area contributed by atoms with Crippen LogP contribution in [0.2, 0.25) is 0 Å². The molecule has 2 aliphatic rings. The highest BCUT2D eigenvalue weighted by atomic mass is 31.2. The number of nitrogens with two attached hydrogens (primary N) is 1. The van der Waals surface area contributed by atoms with Crippen molar-refractivity contribution in [2.24, 2.45) is 11.8 Å². The van der Waals surface area contributed by atoms with Crippen molar-refractivity contribution in [1.82, 2.24) is 19.7 Å². The molecule has 5 rings (SSSR count). The van der Waals surface area contributed by atoms with Crippen molar-refractivity contribution in [2.45, 2.75) is 75.9 Å². The van der Waals surface area contributed by atoms with Gasteiger partial charge in [-0.2, -0.15) is 15.4 Å². The van der Waals surface area contributed by atoms with Crippen molar-refractivity contribution in [2.75, 3.05) is 18.9 Å². The van der Waals surface area contributed by atoms with E-state index in [1.165, 1.54) is 17.8 Å². The van der Waals surface area contributed by atoms with Crippen LogP contribution in [0, 0.1) is 23.2 Å². The van der Waals surface area contributed by atoms with Crippen LogP contribution in [0.15, 0.2) is 48.8 Å². The van der Waals surface area contributed by atoms with E-state index < -0.39 is 50.3 Å². The normalized spacial score (nSPS) is 28.6. The summed E-state index contributed by atoms with van der Waals surface area (Å²) in [6.07, 6.45) is 1.93. The Morgan fingerprint density at radius 3 is 2.62 bits per heavy atom. The number of hydrogen-bond acceptors (Lipinski definition) is 12. The average Bonchev–Trinajstić information content (AvgIpc) is 3.59. The Balaban J connectivity index is 1.30. The molecule has 1 aromatic carbocycles. The Labute approximate surface area is 261 Å². The monoisotopic (exact) mass is 642 g/mol. The number of ether oxygens (including phenoxy) is 2. The number of nitrogens with one attached hydrogen (secondary N) is 1. The van der Waals surface area contributed by atoms with Gasteiger partial charge in [0.2, 0.25) is 5.60 Å². The topological polar surface area (TPSA) is 204 Å². The van der Waals surface area contributed by atoms with Crippen LogP contribution in [0.5, 0.6) is 5.75 Å². The number of carbonyl (C=O) groups excluding carboxylic acids is 1. The summed E-state index contributed by atoms with van der Waals surface area (Å²) >= 11 is 0. The summed E-state index contributed by atoms with van der Waals surface area (Å²) in [5.74, 6) is 0.680. The van der Waals surface area contributed by atoms with Crippen molar-refractivity contribution < 1.29 is 38.1 Å². The minimum Gasteiger partial charge on any atom is -0.464 e. The first-order chi connectivity index (χ1) is 21.6. The highest BCUT2D eigenvalue weighted by Crippen LogP contribution is 2.48. The van der Waals surface area contributed by atoms with E-state index in [0.717, 1.165) is 32.1 Å². The average molecular weight is 643 g/mol. The number of hydrogen-bond donors (Lipinski definition) is 4. The van der Waals surface area contributed by atoms with Gasteiger partial charge in [0.05, 0.1) is 12.3 Å². The van der Waals surface area contributed by atoms with Crippen LogP contribution in [-0.4, -0.2) is 67.8 Å². The number of rotatable bonds is 12. The van der Waals surface area contributed by atoms with E-state index in [1.807, 2.05) is 6.07 Å². The summed E-state index contributed by atoms with van der Waals surface area (Å²) in [4.78, 5) is 16.9. The number of esters is 1. The zero-order valence-electron chi connectivity index (χ0n) is 25.2. The highest BCUT2D eigenvalue weighted by Gasteiger charge is 2.57. The van der Waals surface area contributed by atoms with Crippen LogP contribution >= 0.6 is 7.75 Å². The maximum absolute atomic E-state index is 14.1. The van der Waals surface area contributed by atoms with Crippen LogP contribution in [-0.2, 0) is 23.4 Å². The molecular weight excluding hydrogens is 603 g/mol. The summed E-state index contributed by atoms with van der Waals surface area (Å²) in [5, 5.41) is 38.9. The third kappa shape index (κ3) is 7.14. The first kappa shape index (κ1) is 32.8. The lowest BCUT2D eigenvalue weighted by Crippen LogP contribution is -2.46. The molecule has 15 heteroatoms. The van der Waals surface area contributed by atoms with Gasteiger partial charge < -0.3 is 29.9 Å². The summed E-state index contributed by atoms with van der Waals surface area (Å²) < 4.78 is 38.3. The molecule has 0 amide bonds. The third-order valence-corrected chi connectivity index (χ3v) is 10.2. The largest absolute Gasteiger partial charge is 0.464 e. The molecule has 5 N–H and O–H groups in total. The molecule has 14 nitrogen and oxygen atoms in total. The second-order valence-corrected chi connectivity index (χ2v) is 13.3. The summed E-state index contributed by atoms with van der Waals surface area (Å²) in [6.45, 7) is 3.11. The zero-order chi connectivity index (χ0) is 32.2. The summed E-state index contributed by atoms with van der Waals surface area (Å²) in [7, 11) is -4.42. The van der Waals surface area contributed by atoms with Crippen molar-refractivity contribution >= 4 is 25.1 Å². The number of nitrogen functional groups attached to an aromatic ring is 1. The molecule has 2 aromatic heterocycles. The van der Waals surface area contributed by atoms with E-state index in [2.05, 4.69) is 22.1 Å². The Kier molecular flexibility index (Phi) is 10.1. The van der Waals surface area contributed by atoms with E-state index in [4.69, 9.17) is 24.3 Å². The second kappa shape index (κ2) is 13.8. The van der Waals surface area contributed by atoms with Gasteiger partial charge in [-0.05, 0) is 55.9 Å². The van der Waals surface area contributed by atoms with Crippen molar-refractivity contribution in [1.29, 1.82) is 5.26 Å². The molecule has 0 bridgehead atoms. The van der Waals surface area contributed by atoms with E-state index >= 15 is 0 Å². The van der Waals surface area contributed by atoms with Crippen molar-refractivity contribution in [3.05, 3.63) is 54.5 Å². The number of carbonyl (C=O) groups is 1. The molecule has 0 spiro atoms. The van der Waals surface area contributed by atoms with Crippen LogP contribution < -0.4 is 15.3 Å². The van der Waals surface area contributed by atoms with Gasteiger partial charge in [0.15, 0.2) is 5.82 Å². The maximum Gasteiger partial charge on any atom is 0.459 e. The number of benzene rings is 1. The molecule has 1 aliphatic carbocycles. The Bertz CT molecular complexity index is 1560. The number of fused-ring (bicyclic) bond motifs is 1. The Morgan fingerprint density at radius 1 is 1.22 bits per heavy atom. The van der Waals surface area contributed by atoms with Gasteiger partial charge >= 0.3 is 13.7 Å². The fraction of sp³-hybridized carbons (Fsp3) is 0.533. The SMILES string of the molecule is CCC1CCC(COC(=O)[C@H](C)N[P@@](=O)(OC[C@@]2(C#N)O[C@@H](c3ccc4c(N)ncnn34)[C@H](O)[C@@H]2O)Oc2ccccc2)CC1. The van der Waals surface area contributed by atoms with Crippen LogP contribution in [0.4, 0.5) is 5.82 Å². The molecule has 2 fully saturated rings. The molecule has 45 heavy (non-hydrogen) atoms. The second-order valence-electron chi connectivity index (χ2n) is 11.6. The molecule has 0 radical (unpaired) electrons. The number of anilines is 1. The fourth-order valence-corrected chi connectivity index (χ4v) is 7.31. The minimum atomic E-state index is -4.42. The molecule has 3 aromatic rings. The Morgan fingerprint density at radius 2 is 1.93 bits per heavy atom. The van der Waals surface area contributed by atoms with Gasteiger partial charge in [0, 0.05) is 0 Å². The lowest BCUT2D eigenvalue weighted by molar-refractivity contribution is -0.147. The molecule has 6 atom stereocenters. The van der Waals surface area contributed by atoms with Gasteiger partial charge in [-0.25, -0.2) is 14.1 Å². The minimum absolute atomic E-state index is 0.162. The van der Waals surface area contributed by atoms with E-state index in [-0.39, 0.29) is 24.1 Å². The lowest BCUT2D eigenvalue weighted by atomic mass is 9.81. The number of nitriles is 1. The van der Waals surface area contributed by atoms with Gasteiger partial charge in [-0.1, -0.05) is 44.4 Å². The highest BCUT2D eigenvalue weighted by molar-refractivity contribution is 7.52. The predicted molar refractivity (Wildman–Crippen MR) is 162 cm³/mol. The third-order valence-electron chi connectivity index (χ3n) is 8.57. The predicted octanol–water partition coefficient (Wildman–Crippen LogP) is 3.31. The molecule has 3 heterocycles. The molecule has 242 valence electrons. The summed E-state index contributed by atoms with van der Waals surface area (Å²) in [6, 6.07) is 12.1. The molecule has 1 saturated carbocycles.